The molecule has 1 aliphatic rings. The first-order valence-corrected chi connectivity index (χ1v) is 7.05. The molecule has 7 heteroatoms. The largest absolute Gasteiger partial charge is 0.355 e. The van der Waals surface area contributed by atoms with Crippen LogP contribution >= 0.6 is 11.8 Å². The third-order valence-electron chi connectivity index (χ3n) is 3.00. The maximum Gasteiger partial charge on any atom is 0.288 e. The number of anilines is 1. The summed E-state index contributed by atoms with van der Waals surface area (Å²) in [6, 6.07) is 6.44. The van der Waals surface area contributed by atoms with E-state index in [9.17, 15) is 18.4 Å². The van der Waals surface area contributed by atoms with Crippen molar-refractivity contribution in [1.82, 2.24) is 5.32 Å². The minimum absolute atomic E-state index is 0.0669. The first-order chi connectivity index (χ1) is 9.56. The summed E-state index contributed by atoms with van der Waals surface area (Å²) >= 11 is 0.396. The van der Waals surface area contributed by atoms with Crippen LogP contribution in [-0.2, 0) is 9.59 Å². The third kappa shape index (κ3) is 3.93. The van der Waals surface area contributed by atoms with Gasteiger partial charge in [-0.1, -0.05) is 23.9 Å². The van der Waals surface area contributed by atoms with Gasteiger partial charge in [-0.05, 0) is 18.6 Å². The van der Waals surface area contributed by atoms with E-state index < -0.39 is 5.76 Å². The molecule has 0 radical (unpaired) electrons. The molecule has 0 bridgehead atoms. The summed E-state index contributed by atoms with van der Waals surface area (Å²) in [6.07, 6.45) is 0.785. The van der Waals surface area contributed by atoms with Crippen LogP contribution < -0.4 is 10.6 Å². The van der Waals surface area contributed by atoms with Crippen molar-refractivity contribution in [3.05, 3.63) is 24.3 Å². The van der Waals surface area contributed by atoms with Crippen molar-refractivity contribution in [1.29, 1.82) is 0 Å². The topological polar surface area (TPSA) is 58.2 Å². The van der Waals surface area contributed by atoms with E-state index in [-0.39, 0.29) is 24.3 Å². The summed E-state index contributed by atoms with van der Waals surface area (Å²) in [6.45, 7) is 0.287. The number of thioether (sulfide) groups is 1. The highest BCUT2D eigenvalue weighted by Crippen LogP contribution is 2.32. The molecule has 4 nitrogen and oxygen atoms in total. The molecular weight excluding hydrogens is 286 g/mol. The van der Waals surface area contributed by atoms with Gasteiger partial charge in [-0.25, -0.2) is 0 Å². The Bertz CT molecular complexity index is 501. The Balaban J connectivity index is 2.02. The summed E-state index contributed by atoms with van der Waals surface area (Å²) in [4.78, 5) is 23.4. The van der Waals surface area contributed by atoms with Crippen LogP contribution in [0.1, 0.15) is 12.8 Å². The molecule has 1 unspecified atom stereocenters. The molecular formula is C13H14F2N2O2S. The molecule has 0 aromatic heterocycles. The number of nitrogens with one attached hydrogen (secondary N) is 2. The van der Waals surface area contributed by atoms with Gasteiger partial charge in [0.05, 0.1) is 11.6 Å². The van der Waals surface area contributed by atoms with Crippen molar-refractivity contribution < 1.29 is 18.4 Å². The molecule has 0 saturated carbocycles. The van der Waals surface area contributed by atoms with Crippen LogP contribution in [0.25, 0.3) is 0 Å². The van der Waals surface area contributed by atoms with Gasteiger partial charge in [-0.15, -0.1) is 0 Å². The molecule has 108 valence electrons. The number of benzene rings is 1. The van der Waals surface area contributed by atoms with Crippen molar-refractivity contribution in [2.45, 2.75) is 23.5 Å². The van der Waals surface area contributed by atoms with Crippen molar-refractivity contribution >= 4 is 29.3 Å². The normalized spacial score (nSPS) is 18.8. The highest BCUT2D eigenvalue weighted by atomic mass is 32.2. The number of carbonyl (C=O) groups is 2. The fourth-order valence-corrected chi connectivity index (χ4v) is 2.56. The number of hydrogen-bond acceptors (Lipinski definition) is 3. The van der Waals surface area contributed by atoms with Crippen LogP contribution in [0.3, 0.4) is 0 Å². The molecule has 2 N–H and O–H groups in total. The van der Waals surface area contributed by atoms with Crippen molar-refractivity contribution in [2.24, 2.45) is 5.92 Å². The van der Waals surface area contributed by atoms with E-state index in [0.29, 0.717) is 35.2 Å². The third-order valence-corrected chi connectivity index (χ3v) is 3.79. The van der Waals surface area contributed by atoms with Gasteiger partial charge in [0.2, 0.25) is 11.8 Å². The van der Waals surface area contributed by atoms with Gasteiger partial charge in [0.1, 0.15) is 0 Å². The lowest BCUT2D eigenvalue weighted by molar-refractivity contribution is -0.126. The summed E-state index contributed by atoms with van der Waals surface area (Å²) < 4.78 is 24.9. The second-order valence-electron chi connectivity index (χ2n) is 4.40. The number of para-hydroxylation sites is 1. The lowest BCUT2D eigenvalue weighted by Gasteiger charge is -2.22. The van der Waals surface area contributed by atoms with Crippen LogP contribution in [0.5, 0.6) is 0 Å². The Kier molecular flexibility index (Phi) is 4.94. The molecule has 20 heavy (non-hydrogen) atoms. The predicted octanol–water partition coefficient (Wildman–Crippen LogP) is 2.47. The zero-order valence-electron chi connectivity index (χ0n) is 10.6. The average Bonchev–Trinajstić information content (AvgIpc) is 2.41. The van der Waals surface area contributed by atoms with Gasteiger partial charge < -0.3 is 10.6 Å². The van der Waals surface area contributed by atoms with E-state index in [1.54, 1.807) is 18.2 Å². The maximum atomic E-state index is 12.4. The Morgan fingerprint density at radius 3 is 2.80 bits per heavy atom. The minimum atomic E-state index is -2.54. The van der Waals surface area contributed by atoms with Crippen molar-refractivity contribution in [3.8, 4) is 0 Å². The smallest absolute Gasteiger partial charge is 0.288 e. The first-order valence-electron chi connectivity index (χ1n) is 6.17. The molecule has 1 aromatic rings. The molecule has 2 rings (SSSR count). The molecule has 1 heterocycles. The second-order valence-corrected chi connectivity index (χ2v) is 5.44. The second kappa shape index (κ2) is 6.69. The molecule has 1 atom stereocenters. The number of halogens is 2. The number of hydrogen-bond donors (Lipinski definition) is 2. The molecule has 1 fully saturated rings. The van der Waals surface area contributed by atoms with E-state index in [0.717, 1.165) is 0 Å². The Labute approximate surface area is 119 Å². The van der Waals surface area contributed by atoms with Gasteiger partial charge in [0.25, 0.3) is 5.76 Å². The SMILES string of the molecule is O=C1CCC(C(=O)Nc2ccccc2SC(F)F)CN1. The van der Waals surface area contributed by atoms with Crippen LogP contribution in [0.2, 0.25) is 0 Å². The first kappa shape index (κ1) is 14.8. The maximum absolute atomic E-state index is 12.4. The lowest BCUT2D eigenvalue weighted by Crippen LogP contribution is -2.40. The standard InChI is InChI=1S/C13H14F2N2O2S/c14-13(15)20-10-4-2-1-3-9(10)17-12(19)8-5-6-11(18)16-7-8/h1-4,8,13H,5-7H2,(H,16,18)(H,17,19). The fraction of sp³-hybridized carbons (Fsp3) is 0.385. The lowest BCUT2D eigenvalue weighted by atomic mass is 9.98. The van der Waals surface area contributed by atoms with E-state index in [1.165, 1.54) is 6.07 Å². The van der Waals surface area contributed by atoms with E-state index in [2.05, 4.69) is 10.6 Å². The molecule has 0 aliphatic carbocycles. The van der Waals surface area contributed by atoms with E-state index >= 15 is 0 Å². The summed E-state index contributed by atoms with van der Waals surface area (Å²) in [5.74, 6) is -3.19. The van der Waals surface area contributed by atoms with Gasteiger partial charge in [0.15, 0.2) is 0 Å². The van der Waals surface area contributed by atoms with Crippen LogP contribution in [-0.4, -0.2) is 24.1 Å². The predicted molar refractivity (Wildman–Crippen MR) is 72.7 cm³/mol. The minimum Gasteiger partial charge on any atom is -0.355 e. The number of piperidine rings is 1. The highest BCUT2D eigenvalue weighted by Gasteiger charge is 2.25. The van der Waals surface area contributed by atoms with Gasteiger partial charge in [0, 0.05) is 17.9 Å². The number of carbonyl (C=O) groups excluding carboxylic acids is 2. The Morgan fingerprint density at radius 2 is 2.15 bits per heavy atom. The fourth-order valence-electron chi connectivity index (χ4n) is 1.96. The quantitative estimate of drug-likeness (QED) is 0.840. The van der Waals surface area contributed by atoms with Crippen LogP contribution in [0.15, 0.2) is 29.2 Å². The molecule has 1 saturated heterocycles. The summed E-state index contributed by atoms with van der Waals surface area (Å²) in [5.41, 5.74) is 0.375. The molecule has 1 aromatic carbocycles. The number of alkyl halides is 2. The average molecular weight is 300 g/mol. The summed E-state index contributed by atoms with van der Waals surface area (Å²) in [7, 11) is 0. The monoisotopic (exact) mass is 300 g/mol. The van der Waals surface area contributed by atoms with Gasteiger partial charge >= 0.3 is 0 Å². The van der Waals surface area contributed by atoms with Gasteiger partial charge in [-0.2, -0.15) is 8.78 Å². The Morgan fingerprint density at radius 1 is 1.40 bits per heavy atom. The number of amides is 2. The molecule has 1 aliphatic heterocycles. The summed E-state index contributed by atoms with van der Waals surface area (Å²) in [5, 5.41) is 5.28. The Hall–Kier alpha value is -1.63. The zero-order chi connectivity index (χ0) is 14.5. The van der Waals surface area contributed by atoms with Crippen LogP contribution in [0.4, 0.5) is 14.5 Å². The van der Waals surface area contributed by atoms with E-state index in [4.69, 9.17) is 0 Å². The van der Waals surface area contributed by atoms with Crippen molar-refractivity contribution in [3.63, 3.8) is 0 Å². The number of rotatable bonds is 4. The molecule has 0 spiro atoms. The van der Waals surface area contributed by atoms with Crippen molar-refractivity contribution in [2.75, 3.05) is 11.9 Å². The van der Waals surface area contributed by atoms with Gasteiger partial charge in [-0.3, -0.25) is 9.59 Å². The zero-order valence-corrected chi connectivity index (χ0v) is 11.4. The highest BCUT2D eigenvalue weighted by molar-refractivity contribution is 7.99. The van der Waals surface area contributed by atoms with Crippen LogP contribution in [0, 0.1) is 5.92 Å². The molecule has 2 amide bonds. The van der Waals surface area contributed by atoms with E-state index in [1.807, 2.05) is 0 Å².